The molecule has 1 amide bonds. The van der Waals surface area contributed by atoms with Crippen molar-refractivity contribution in [1.82, 2.24) is 19.8 Å². The van der Waals surface area contributed by atoms with E-state index < -0.39 is 0 Å². The van der Waals surface area contributed by atoms with Crippen molar-refractivity contribution in [3.63, 3.8) is 0 Å². The van der Waals surface area contributed by atoms with E-state index >= 15 is 0 Å². The number of piperidine rings is 1. The fourth-order valence-electron chi connectivity index (χ4n) is 3.87. The second-order valence-corrected chi connectivity index (χ2v) is 7.40. The quantitative estimate of drug-likeness (QED) is 0.619. The summed E-state index contributed by atoms with van der Waals surface area (Å²) in [5.41, 5.74) is 1.75. The highest BCUT2D eigenvalue weighted by Gasteiger charge is 2.29. The predicted octanol–water partition coefficient (Wildman–Crippen LogP) is 3.42. The van der Waals surface area contributed by atoms with Crippen molar-refractivity contribution in [2.24, 2.45) is 0 Å². The molecule has 0 aliphatic carbocycles. The summed E-state index contributed by atoms with van der Waals surface area (Å²) in [6, 6.07) is 13.7. The highest BCUT2D eigenvalue weighted by atomic mass is 16.3. The zero-order valence-corrected chi connectivity index (χ0v) is 16.5. The summed E-state index contributed by atoms with van der Waals surface area (Å²) in [6.07, 6.45) is 9.69. The van der Waals surface area contributed by atoms with E-state index in [1.807, 2.05) is 41.4 Å². The molecule has 6 heteroatoms. The van der Waals surface area contributed by atoms with Gasteiger partial charge in [-0.1, -0.05) is 6.07 Å². The standard InChI is InChI=1S/C23H26N4O2/c28-23(19-5-3-11-24-17-19)27(18-22-7-4-16-29-22)21-9-14-26(15-10-21)13-8-20-6-1-2-12-25-20/h1-7,11-12,16-17,21H,8-10,13-15,18H2. The monoisotopic (exact) mass is 390 g/mol. The minimum atomic E-state index is 0.0152. The van der Waals surface area contributed by atoms with Crippen molar-refractivity contribution in [2.75, 3.05) is 19.6 Å². The third-order valence-corrected chi connectivity index (χ3v) is 5.48. The number of carbonyl (C=O) groups excluding carboxylic acids is 1. The Morgan fingerprint density at radius 3 is 2.69 bits per heavy atom. The normalized spacial score (nSPS) is 15.3. The van der Waals surface area contributed by atoms with Gasteiger partial charge in [0.05, 0.1) is 18.4 Å². The molecule has 0 bridgehead atoms. The lowest BCUT2D eigenvalue weighted by molar-refractivity contribution is 0.0531. The highest BCUT2D eigenvalue weighted by Crippen LogP contribution is 2.22. The molecule has 4 rings (SSSR count). The molecule has 0 unspecified atom stereocenters. The van der Waals surface area contributed by atoms with Gasteiger partial charge in [0, 0.05) is 56.4 Å². The summed E-state index contributed by atoms with van der Waals surface area (Å²) < 4.78 is 5.52. The Labute approximate surface area is 171 Å². The predicted molar refractivity (Wildman–Crippen MR) is 110 cm³/mol. The van der Waals surface area contributed by atoms with Gasteiger partial charge >= 0.3 is 0 Å². The van der Waals surface area contributed by atoms with Crippen molar-refractivity contribution >= 4 is 5.91 Å². The van der Waals surface area contributed by atoms with E-state index in [2.05, 4.69) is 20.9 Å². The Kier molecular flexibility index (Phi) is 6.32. The second kappa shape index (κ2) is 9.47. The van der Waals surface area contributed by atoms with Crippen LogP contribution in [0.15, 0.2) is 71.7 Å². The van der Waals surface area contributed by atoms with Crippen LogP contribution in [-0.4, -0.2) is 51.4 Å². The zero-order valence-electron chi connectivity index (χ0n) is 16.5. The molecule has 29 heavy (non-hydrogen) atoms. The molecule has 3 aromatic heterocycles. The van der Waals surface area contributed by atoms with Gasteiger partial charge in [-0.3, -0.25) is 14.8 Å². The van der Waals surface area contributed by atoms with E-state index in [1.54, 1.807) is 24.7 Å². The number of hydrogen-bond acceptors (Lipinski definition) is 5. The summed E-state index contributed by atoms with van der Waals surface area (Å²) in [6.45, 7) is 3.44. The van der Waals surface area contributed by atoms with Crippen LogP contribution in [-0.2, 0) is 13.0 Å². The summed E-state index contributed by atoms with van der Waals surface area (Å²) in [5.74, 6) is 0.821. The van der Waals surface area contributed by atoms with Crippen molar-refractivity contribution in [3.05, 3.63) is 84.3 Å². The van der Waals surface area contributed by atoms with Crippen LogP contribution in [0.25, 0.3) is 0 Å². The van der Waals surface area contributed by atoms with Crippen LogP contribution in [0.2, 0.25) is 0 Å². The van der Waals surface area contributed by atoms with Crippen LogP contribution in [0.5, 0.6) is 0 Å². The number of nitrogens with zero attached hydrogens (tertiary/aromatic N) is 4. The molecule has 6 nitrogen and oxygen atoms in total. The molecule has 3 aromatic rings. The molecule has 4 heterocycles. The first kappa shape index (κ1) is 19.3. The van der Waals surface area contributed by atoms with Crippen LogP contribution in [0.4, 0.5) is 0 Å². The maximum absolute atomic E-state index is 13.2. The SMILES string of the molecule is O=C(c1cccnc1)N(Cc1ccco1)C1CCN(CCc2ccccn2)CC1. The first-order chi connectivity index (χ1) is 14.3. The van der Waals surface area contributed by atoms with Gasteiger partial charge in [0.1, 0.15) is 5.76 Å². The van der Waals surface area contributed by atoms with Crippen molar-refractivity contribution in [3.8, 4) is 0 Å². The van der Waals surface area contributed by atoms with Gasteiger partial charge in [0.15, 0.2) is 0 Å². The van der Waals surface area contributed by atoms with Crippen LogP contribution in [0.1, 0.15) is 34.7 Å². The first-order valence-corrected chi connectivity index (χ1v) is 10.2. The molecule has 0 N–H and O–H groups in total. The Balaban J connectivity index is 1.39. The third kappa shape index (κ3) is 5.09. The molecule has 0 atom stereocenters. The molecule has 0 radical (unpaired) electrons. The maximum atomic E-state index is 13.2. The van der Waals surface area contributed by atoms with E-state index in [0.29, 0.717) is 12.1 Å². The maximum Gasteiger partial charge on any atom is 0.256 e. The van der Waals surface area contributed by atoms with Gasteiger partial charge in [-0.2, -0.15) is 0 Å². The minimum Gasteiger partial charge on any atom is -0.467 e. The Morgan fingerprint density at radius 2 is 2.00 bits per heavy atom. The fraction of sp³-hybridized carbons (Fsp3) is 0.348. The first-order valence-electron chi connectivity index (χ1n) is 10.2. The number of likely N-dealkylation sites (tertiary alicyclic amines) is 1. The number of aromatic nitrogens is 2. The fourth-order valence-corrected chi connectivity index (χ4v) is 3.87. The van der Waals surface area contributed by atoms with Crippen molar-refractivity contribution in [2.45, 2.75) is 31.8 Å². The number of furan rings is 1. The van der Waals surface area contributed by atoms with E-state index in [1.165, 1.54) is 0 Å². The van der Waals surface area contributed by atoms with Crippen molar-refractivity contribution < 1.29 is 9.21 Å². The van der Waals surface area contributed by atoms with Crippen LogP contribution >= 0.6 is 0 Å². The minimum absolute atomic E-state index is 0.0152. The van der Waals surface area contributed by atoms with E-state index in [9.17, 15) is 4.79 Å². The lowest BCUT2D eigenvalue weighted by Crippen LogP contribution is -2.47. The average Bonchev–Trinajstić information content (AvgIpc) is 3.31. The lowest BCUT2D eigenvalue weighted by Gasteiger charge is -2.38. The number of carbonyl (C=O) groups is 1. The van der Waals surface area contributed by atoms with Gasteiger partial charge in [-0.05, 0) is 49.2 Å². The average molecular weight is 390 g/mol. The Bertz CT molecular complexity index is 876. The summed E-state index contributed by atoms with van der Waals surface area (Å²) in [7, 11) is 0. The molecule has 0 spiro atoms. The number of amides is 1. The number of pyridine rings is 2. The summed E-state index contributed by atoms with van der Waals surface area (Å²) in [5, 5.41) is 0. The van der Waals surface area contributed by atoms with E-state index in [0.717, 1.165) is 50.4 Å². The smallest absolute Gasteiger partial charge is 0.256 e. The molecular formula is C23H26N4O2. The summed E-state index contributed by atoms with van der Waals surface area (Å²) >= 11 is 0. The molecule has 0 saturated carbocycles. The molecule has 1 aliphatic rings. The Hall–Kier alpha value is -2.99. The number of rotatable bonds is 7. The largest absolute Gasteiger partial charge is 0.467 e. The van der Waals surface area contributed by atoms with Gasteiger partial charge < -0.3 is 14.2 Å². The third-order valence-electron chi connectivity index (χ3n) is 5.48. The van der Waals surface area contributed by atoms with Gasteiger partial charge in [0.25, 0.3) is 5.91 Å². The summed E-state index contributed by atoms with van der Waals surface area (Å²) in [4.78, 5) is 26.1. The van der Waals surface area contributed by atoms with Gasteiger partial charge in [-0.15, -0.1) is 0 Å². The van der Waals surface area contributed by atoms with Gasteiger partial charge in [0.2, 0.25) is 0 Å². The second-order valence-electron chi connectivity index (χ2n) is 7.40. The zero-order chi connectivity index (χ0) is 19.9. The highest BCUT2D eigenvalue weighted by molar-refractivity contribution is 5.94. The molecule has 1 fully saturated rings. The van der Waals surface area contributed by atoms with E-state index in [-0.39, 0.29) is 11.9 Å². The van der Waals surface area contributed by atoms with Crippen molar-refractivity contribution in [1.29, 1.82) is 0 Å². The van der Waals surface area contributed by atoms with Gasteiger partial charge in [-0.25, -0.2) is 0 Å². The molecule has 1 aliphatic heterocycles. The molecule has 150 valence electrons. The molecule has 1 saturated heterocycles. The number of hydrogen-bond donors (Lipinski definition) is 0. The van der Waals surface area contributed by atoms with E-state index in [4.69, 9.17) is 4.42 Å². The molecular weight excluding hydrogens is 364 g/mol. The molecule has 0 aromatic carbocycles. The van der Waals surface area contributed by atoms with Crippen LogP contribution in [0.3, 0.4) is 0 Å². The van der Waals surface area contributed by atoms with Crippen LogP contribution in [0, 0.1) is 0 Å². The topological polar surface area (TPSA) is 62.5 Å². The lowest BCUT2D eigenvalue weighted by atomic mass is 10.0. The van der Waals surface area contributed by atoms with Crippen LogP contribution < -0.4 is 0 Å². The Morgan fingerprint density at radius 1 is 1.10 bits per heavy atom.